The number of aliphatic hydroxyl groups excluding tert-OH is 1. The van der Waals surface area contributed by atoms with Gasteiger partial charge in [0.25, 0.3) is 0 Å². The Bertz CT molecular complexity index is 393. The predicted octanol–water partition coefficient (Wildman–Crippen LogP) is 2.17. The van der Waals surface area contributed by atoms with Gasteiger partial charge in [0.1, 0.15) is 6.61 Å². The summed E-state index contributed by atoms with van der Waals surface area (Å²) in [5.41, 5.74) is 0.982. The summed E-state index contributed by atoms with van der Waals surface area (Å²) in [6.07, 6.45) is 0.669. The quantitative estimate of drug-likeness (QED) is 0.874. The van der Waals surface area contributed by atoms with E-state index in [1.807, 2.05) is 37.3 Å². The molecule has 0 saturated carbocycles. The Balaban J connectivity index is 1.85. The van der Waals surface area contributed by atoms with Crippen LogP contribution in [-0.2, 0) is 11.3 Å². The molecule has 1 amide bonds. The monoisotopic (exact) mass is 249 g/mol. The van der Waals surface area contributed by atoms with Crippen molar-refractivity contribution in [3.05, 3.63) is 35.9 Å². The van der Waals surface area contributed by atoms with E-state index in [2.05, 4.69) is 0 Å². The molecular formula is C14H19NO3. The molecule has 1 aliphatic heterocycles. The summed E-state index contributed by atoms with van der Waals surface area (Å²) in [4.78, 5) is 13.6. The zero-order valence-corrected chi connectivity index (χ0v) is 10.6. The van der Waals surface area contributed by atoms with E-state index in [-0.39, 0.29) is 18.2 Å². The van der Waals surface area contributed by atoms with E-state index in [0.717, 1.165) is 5.56 Å². The lowest BCUT2D eigenvalue weighted by atomic mass is 10.0. The minimum Gasteiger partial charge on any atom is -0.445 e. The van der Waals surface area contributed by atoms with E-state index in [0.29, 0.717) is 26.0 Å². The van der Waals surface area contributed by atoms with Crippen LogP contribution < -0.4 is 0 Å². The molecule has 2 rings (SSSR count). The van der Waals surface area contributed by atoms with Gasteiger partial charge in [-0.1, -0.05) is 30.3 Å². The number of piperidine rings is 1. The highest BCUT2D eigenvalue weighted by Gasteiger charge is 2.28. The molecule has 0 radical (unpaired) electrons. The van der Waals surface area contributed by atoms with Crippen molar-refractivity contribution in [2.75, 3.05) is 6.54 Å². The van der Waals surface area contributed by atoms with Crippen LogP contribution in [0.5, 0.6) is 0 Å². The zero-order chi connectivity index (χ0) is 13.0. The fourth-order valence-corrected chi connectivity index (χ4v) is 2.22. The first-order valence-electron chi connectivity index (χ1n) is 6.32. The van der Waals surface area contributed by atoms with E-state index in [9.17, 15) is 9.90 Å². The molecule has 18 heavy (non-hydrogen) atoms. The Morgan fingerprint density at radius 1 is 1.44 bits per heavy atom. The number of carbonyl (C=O) groups excluding carboxylic acids is 1. The first-order chi connectivity index (χ1) is 8.66. The molecule has 1 heterocycles. The summed E-state index contributed by atoms with van der Waals surface area (Å²) in [5.74, 6) is 0. The Kier molecular flexibility index (Phi) is 4.20. The van der Waals surface area contributed by atoms with E-state index in [1.54, 1.807) is 4.90 Å². The highest BCUT2D eigenvalue weighted by Crippen LogP contribution is 2.18. The molecule has 0 aromatic heterocycles. The second kappa shape index (κ2) is 5.87. The maximum absolute atomic E-state index is 11.9. The Labute approximate surface area is 107 Å². The number of hydrogen-bond donors (Lipinski definition) is 1. The van der Waals surface area contributed by atoms with E-state index < -0.39 is 0 Å². The molecule has 4 nitrogen and oxygen atoms in total. The van der Waals surface area contributed by atoms with E-state index in [4.69, 9.17) is 4.74 Å². The number of rotatable bonds is 2. The van der Waals surface area contributed by atoms with Gasteiger partial charge in [0, 0.05) is 12.6 Å². The van der Waals surface area contributed by atoms with Gasteiger partial charge in [0.2, 0.25) is 0 Å². The number of amides is 1. The van der Waals surface area contributed by atoms with Crippen LogP contribution in [0.2, 0.25) is 0 Å². The van der Waals surface area contributed by atoms with Crippen molar-refractivity contribution < 1.29 is 14.6 Å². The van der Waals surface area contributed by atoms with Gasteiger partial charge in [-0.15, -0.1) is 0 Å². The summed E-state index contributed by atoms with van der Waals surface area (Å²) in [7, 11) is 0. The maximum Gasteiger partial charge on any atom is 0.410 e. The zero-order valence-electron chi connectivity index (χ0n) is 10.6. The van der Waals surface area contributed by atoms with Gasteiger partial charge in [-0.2, -0.15) is 0 Å². The van der Waals surface area contributed by atoms with Crippen molar-refractivity contribution in [3.8, 4) is 0 Å². The average Bonchev–Trinajstić information content (AvgIpc) is 2.37. The average molecular weight is 249 g/mol. The molecule has 0 bridgehead atoms. The molecule has 1 fully saturated rings. The Morgan fingerprint density at radius 3 is 2.83 bits per heavy atom. The van der Waals surface area contributed by atoms with Gasteiger partial charge in [-0.05, 0) is 25.3 Å². The lowest BCUT2D eigenvalue weighted by Crippen LogP contribution is -2.46. The van der Waals surface area contributed by atoms with Gasteiger partial charge < -0.3 is 14.7 Å². The van der Waals surface area contributed by atoms with Crippen LogP contribution >= 0.6 is 0 Å². The van der Waals surface area contributed by atoms with Crippen LogP contribution in [0.15, 0.2) is 30.3 Å². The summed E-state index contributed by atoms with van der Waals surface area (Å²) >= 11 is 0. The van der Waals surface area contributed by atoms with Crippen molar-refractivity contribution >= 4 is 6.09 Å². The number of benzene rings is 1. The highest BCUT2D eigenvalue weighted by molar-refractivity contribution is 5.68. The molecule has 0 aliphatic carbocycles. The van der Waals surface area contributed by atoms with Gasteiger partial charge in [0.15, 0.2) is 0 Å². The topological polar surface area (TPSA) is 49.8 Å². The van der Waals surface area contributed by atoms with Gasteiger partial charge in [-0.25, -0.2) is 4.79 Å². The first-order valence-corrected chi connectivity index (χ1v) is 6.32. The highest BCUT2D eigenvalue weighted by atomic mass is 16.6. The molecule has 2 unspecified atom stereocenters. The standard InChI is InChI=1S/C14H19NO3/c1-11-9-13(16)7-8-15(11)14(17)18-10-12-5-3-2-4-6-12/h2-6,11,13,16H,7-10H2,1H3. The smallest absolute Gasteiger partial charge is 0.410 e. The number of carbonyl (C=O) groups is 1. The van der Waals surface area contributed by atoms with Crippen molar-refractivity contribution in [1.29, 1.82) is 0 Å². The predicted molar refractivity (Wildman–Crippen MR) is 68.0 cm³/mol. The SMILES string of the molecule is CC1CC(O)CCN1C(=O)OCc1ccccc1. The van der Waals surface area contributed by atoms with E-state index in [1.165, 1.54) is 0 Å². The number of likely N-dealkylation sites (tertiary alicyclic amines) is 1. The summed E-state index contributed by atoms with van der Waals surface area (Å²) < 4.78 is 5.28. The third kappa shape index (κ3) is 3.23. The summed E-state index contributed by atoms with van der Waals surface area (Å²) in [5, 5.41) is 9.51. The second-order valence-electron chi connectivity index (χ2n) is 4.76. The Hall–Kier alpha value is -1.55. The number of nitrogens with zero attached hydrogens (tertiary/aromatic N) is 1. The molecule has 1 aliphatic rings. The largest absolute Gasteiger partial charge is 0.445 e. The summed E-state index contributed by atoms with van der Waals surface area (Å²) in [6, 6.07) is 9.66. The first kappa shape index (κ1) is 12.9. The van der Waals surface area contributed by atoms with Crippen LogP contribution in [0.1, 0.15) is 25.3 Å². The lowest BCUT2D eigenvalue weighted by Gasteiger charge is -2.34. The normalized spacial score (nSPS) is 23.8. The molecule has 1 N–H and O–H groups in total. The van der Waals surface area contributed by atoms with Crippen LogP contribution in [0.25, 0.3) is 0 Å². The molecular weight excluding hydrogens is 230 g/mol. The molecule has 1 saturated heterocycles. The van der Waals surface area contributed by atoms with Crippen molar-refractivity contribution in [3.63, 3.8) is 0 Å². The summed E-state index contributed by atoms with van der Waals surface area (Å²) in [6.45, 7) is 2.80. The number of aliphatic hydroxyl groups is 1. The van der Waals surface area contributed by atoms with Crippen LogP contribution in [0, 0.1) is 0 Å². The van der Waals surface area contributed by atoms with Crippen LogP contribution in [-0.4, -0.2) is 34.8 Å². The third-order valence-electron chi connectivity index (χ3n) is 3.29. The van der Waals surface area contributed by atoms with Gasteiger partial charge >= 0.3 is 6.09 Å². The number of ether oxygens (including phenoxy) is 1. The maximum atomic E-state index is 11.9. The van der Waals surface area contributed by atoms with Crippen molar-refractivity contribution in [1.82, 2.24) is 4.90 Å². The van der Waals surface area contributed by atoms with Crippen molar-refractivity contribution in [2.24, 2.45) is 0 Å². The molecule has 2 atom stereocenters. The van der Waals surface area contributed by atoms with E-state index >= 15 is 0 Å². The Morgan fingerprint density at radius 2 is 2.17 bits per heavy atom. The van der Waals surface area contributed by atoms with Gasteiger partial charge in [0.05, 0.1) is 6.10 Å². The molecule has 98 valence electrons. The second-order valence-corrected chi connectivity index (χ2v) is 4.76. The van der Waals surface area contributed by atoms with Crippen molar-refractivity contribution in [2.45, 2.75) is 38.5 Å². The lowest BCUT2D eigenvalue weighted by molar-refractivity contribution is 0.0316. The van der Waals surface area contributed by atoms with Crippen LogP contribution in [0.3, 0.4) is 0 Å². The third-order valence-corrected chi connectivity index (χ3v) is 3.29. The minimum atomic E-state index is -0.293. The van der Waals surface area contributed by atoms with Gasteiger partial charge in [-0.3, -0.25) is 0 Å². The molecule has 0 spiro atoms. The molecule has 1 aromatic rings. The molecule has 1 aromatic carbocycles. The minimum absolute atomic E-state index is 0.0389. The van der Waals surface area contributed by atoms with Crippen LogP contribution in [0.4, 0.5) is 4.79 Å². The fourth-order valence-electron chi connectivity index (χ4n) is 2.22. The number of hydrogen-bond acceptors (Lipinski definition) is 3. The fraction of sp³-hybridized carbons (Fsp3) is 0.500. The molecule has 4 heteroatoms.